The summed E-state index contributed by atoms with van der Waals surface area (Å²) in [6.07, 6.45) is 10.2. The Balaban J connectivity index is 1.56. The quantitative estimate of drug-likeness (QED) is 0.560. The first-order valence-corrected chi connectivity index (χ1v) is 10.9. The molecule has 0 radical (unpaired) electrons. The van der Waals surface area contributed by atoms with Gasteiger partial charge >= 0.3 is 6.03 Å². The second-order valence-electron chi connectivity index (χ2n) is 10.3. The fraction of sp³-hybridized carbons (Fsp3) is 0.864. The zero-order valence-electron chi connectivity index (χ0n) is 17.1. The average Bonchev–Trinajstić information content (AvgIpc) is 2.97. The summed E-state index contributed by atoms with van der Waals surface area (Å²) in [6.45, 7) is 7.01. The number of carbonyl (C=O) groups is 2. The first-order valence-electron chi connectivity index (χ1n) is 10.9. The van der Waals surface area contributed by atoms with Crippen LogP contribution in [0.5, 0.6) is 0 Å². The van der Waals surface area contributed by atoms with Gasteiger partial charge < -0.3 is 5.73 Å². The molecular weight excluding hydrogens is 338 g/mol. The number of nitrogens with zero attached hydrogens (tertiary/aromatic N) is 1. The third-order valence-electron chi connectivity index (χ3n) is 9.33. The summed E-state index contributed by atoms with van der Waals surface area (Å²) in [5.41, 5.74) is 9.31. The van der Waals surface area contributed by atoms with Gasteiger partial charge in [0.2, 0.25) is 0 Å². The summed E-state index contributed by atoms with van der Waals surface area (Å²) in [5, 5.41) is 4.29. The number of amides is 2. The number of hydrogen-bond acceptors (Lipinski definition) is 3. The van der Waals surface area contributed by atoms with Crippen molar-refractivity contribution in [2.45, 2.75) is 78.6 Å². The average molecular weight is 374 g/mol. The normalized spacial score (nSPS) is 47.0. The molecule has 0 aliphatic heterocycles. The summed E-state index contributed by atoms with van der Waals surface area (Å²) < 4.78 is 0. The van der Waals surface area contributed by atoms with E-state index in [1.165, 1.54) is 38.5 Å². The van der Waals surface area contributed by atoms with Gasteiger partial charge in [-0.1, -0.05) is 13.8 Å². The molecule has 0 aromatic rings. The zero-order valence-corrected chi connectivity index (χ0v) is 17.1. The van der Waals surface area contributed by atoms with Crippen molar-refractivity contribution in [3.05, 3.63) is 0 Å². The highest BCUT2D eigenvalue weighted by molar-refractivity contribution is 5.86. The Morgan fingerprint density at radius 3 is 2.56 bits per heavy atom. The minimum absolute atomic E-state index is 0.280. The number of urea groups is 1. The third-order valence-corrected chi connectivity index (χ3v) is 9.33. The zero-order chi connectivity index (χ0) is 19.4. The number of nitrogens with one attached hydrogen (secondary N) is 1. The fourth-order valence-electron chi connectivity index (χ4n) is 7.95. The summed E-state index contributed by atoms with van der Waals surface area (Å²) in [7, 11) is 0. The van der Waals surface area contributed by atoms with Crippen molar-refractivity contribution >= 4 is 17.5 Å². The molecule has 0 unspecified atom stereocenters. The maximum absolute atomic E-state index is 12.0. The van der Waals surface area contributed by atoms with E-state index in [9.17, 15) is 9.59 Å². The van der Waals surface area contributed by atoms with Gasteiger partial charge in [-0.2, -0.15) is 5.10 Å². The summed E-state index contributed by atoms with van der Waals surface area (Å²) in [6, 6.07) is -0.587. The number of nitrogens with two attached hydrogens (primary N) is 1. The van der Waals surface area contributed by atoms with Crippen LogP contribution in [0.15, 0.2) is 5.10 Å². The highest BCUT2D eigenvalue weighted by atomic mass is 16.2. The molecule has 4 saturated carbocycles. The van der Waals surface area contributed by atoms with E-state index in [1.54, 1.807) is 0 Å². The van der Waals surface area contributed by atoms with Gasteiger partial charge in [0.25, 0.3) is 0 Å². The highest BCUT2D eigenvalue weighted by Gasteiger charge is 2.60. The van der Waals surface area contributed by atoms with Crippen LogP contribution in [-0.4, -0.2) is 17.5 Å². The molecule has 0 aromatic heterocycles. The Hall–Kier alpha value is -1.39. The molecule has 0 saturated heterocycles. The van der Waals surface area contributed by atoms with E-state index in [4.69, 9.17) is 5.73 Å². The van der Waals surface area contributed by atoms with Crippen LogP contribution in [0, 0.1) is 40.4 Å². The summed E-state index contributed by atoms with van der Waals surface area (Å²) >= 11 is 0. The summed E-state index contributed by atoms with van der Waals surface area (Å²) in [5.74, 6) is 3.86. The van der Waals surface area contributed by atoms with Gasteiger partial charge in [0.1, 0.15) is 5.78 Å². The number of fused-ring (bicyclic) bond motifs is 5. The number of Topliss-reactive ketones (excluding diaryl/α,β-unsaturated/α-hetero) is 1. The molecule has 0 aromatic carbocycles. The van der Waals surface area contributed by atoms with E-state index in [1.807, 2.05) is 6.92 Å². The molecule has 27 heavy (non-hydrogen) atoms. The molecule has 4 aliphatic carbocycles. The Kier molecular flexibility index (Phi) is 4.63. The van der Waals surface area contributed by atoms with Crippen molar-refractivity contribution in [1.29, 1.82) is 0 Å². The van der Waals surface area contributed by atoms with E-state index >= 15 is 0 Å². The molecule has 150 valence electrons. The lowest BCUT2D eigenvalue weighted by molar-refractivity contribution is -0.138. The van der Waals surface area contributed by atoms with E-state index in [-0.39, 0.29) is 5.41 Å². The van der Waals surface area contributed by atoms with Crippen LogP contribution < -0.4 is 11.2 Å². The van der Waals surface area contributed by atoms with Gasteiger partial charge in [-0.3, -0.25) is 4.79 Å². The molecule has 4 rings (SSSR count). The lowest BCUT2D eigenvalue weighted by Gasteiger charge is -2.60. The van der Waals surface area contributed by atoms with Crippen LogP contribution in [0.4, 0.5) is 4.79 Å². The Bertz CT molecular complexity index is 674. The van der Waals surface area contributed by atoms with E-state index in [2.05, 4.69) is 24.4 Å². The molecule has 4 aliphatic rings. The van der Waals surface area contributed by atoms with Crippen LogP contribution in [0.3, 0.4) is 0 Å². The van der Waals surface area contributed by atoms with Crippen molar-refractivity contribution in [1.82, 2.24) is 5.43 Å². The van der Waals surface area contributed by atoms with Crippen molar-refractivity contribution in [3.8, 4) is 0 Å². The van der Waals surface area contributed by atoms with Crippen LogP contribution in [0.2, 0.25) is 0 Å². The Morgan fingerprint density at radius 2 is 1.81 bits per heavy atom. The molecule has 0 spiro atoms. The molecule has 2 amide bonds. The fourth-order valence-corrected chi connectivity index (χ4v) is 7.95. The highest BCUT2D eigenvalue weighted by Crippen LogP contribution is 2.67. The molecule has 0 bridgehead atoms. The minimum atomic E-state index is -0.587. The first-order chi connectivity index (χ1) is 12.8. The summed E-state index contributed by atoms with van der Waals surface area (Å²) in [4.78, 5) is 23.1. The monoisotopic (exact) mass is 373 g/mol. The second kappa shape index (κ2) is 6.59. The maximum Gasteiger partial charge on any atom is 0.332 e. The van der Waals surface area contributed by atoms with Crippen LogP contribution >= 0.6 is 0 Å². The maximum atomic E-state index is 12.0. The van der Waals surface area contributed by atoms with E-state index < -0.39 is 6.03 Å². The number of carbonyl (C=O) groups excluding carboxylic acids is 2. The first kappa shape index (κ1) is 18.9. The standard InChI is InChI=1S/C22H35N3O2/c1-13(24-25-20(23)27)17-6-7-18-16-5-4-14-12-15(26)8-10-21(14,2)19(16)9-11-22(17,18)3/h14,16-19H,4-12H2,1-3H3,(H3,23,25,27)/b24-13-/t14-,16+,17-,18+,19+,21-,22+/m0/s1. The lowest BCUT2D eigenvalue weighted by Crippen LogP contribution is -2.53. The van der Waals surface area contributed by atoms with Gasteiger partial charge in [0.05, 0.1) is 0 Å². The lowest BCUT2D eigenvalue weighted by atomic mass is 9.44. The third kappa shape index (κ3) is 2.92. The topological polar surface area (TPSA) is 84.5 Å². The molecule has 5 heteroatoms. The van der Waals surface area contributed by atoms with Gasteiger partial charge in [0.15, 0.2) is 0 Å². The smallest absolute Gasteiger partial charge is 0.332 e. The van der Waals surface area contributed by atoms with Crippen molar-refractivity contribution in [2.24, 2.45) is 51.3 Å². The Morgan fingerprint density at radius 1 is 1.07 bits per heavy atom. The van der Waals surface area contributed by atoms with E-state index in [0.717, 1.165) is 42.7 Å². The van der Waals surface area contributed by atoms with Crippen LogP contribution in [-0.2, 0) is 4.79 Å². The molecule has 4 fully saturated rings. The molecule has 3 N–H and O–H groups in total. The minimum Gasteiger partial charge on any atom is -0.350 e. The van der Waals surface area contributed by atoms with Crippen molar-refractivity contribution < 1.29 is 9.59 Å². The van der Waals surface area contributed by atoms with Crippen LogP contribution in [0.25, 0.3) is 0 Å². The Labute approximate surface area is 162 Å². The van der Waals surface area contributed by atoms with Crippen LogP contribution in [0.1, 0.15) is 78.6 Å². The SMILES string of the molecule is C/C(=N/NC(N)=O)[C@@H]1CC[C@@H]2[C@H]3CC[C@H]4CC(=O)CC[C@]4(C)[C@@H]3CC[C@@]21C. The largest absolute Gasteiger partial charge is 0.350 e. The molecule has 5 nitrogen and oxygen atoms in total. The number of ketones is 1. The van der Waals surface area contributed by atoms with Gasteiger partial charge in [-0.05, 0) is 86.4 Å². The predicted octanol–water partition coefficient (Wildman–Crippen LogP) is 4.26. The van der Waals surface area contributed by atoms with Gasteiger partial charge in [0, 0.05) is 24.5 Å². The predicted molar refractivity (Wildman–Crippen MR) is 106 cm³/mol. The number of primary amides is 1. The molecule has 0 heterocycles. The molecule has 7 atom stereocenters. The number of hydrazone groups is 1. The van der Waals surface area contributed by atoms with Gasteiger partial charge in [-0.25, -0.2) is 10.2 Å². The number of rotatable bonds is 2. The van der Waals surface area contributed by atoms with Crippen molar-refractivity contribution in [3.63, 3.8) is 0 Å². The number of hydrogen-bond donors (Lipinski definition) is 2. The molecular formula is C22H35N3O2. The van der Waals surface area contributed by atoms with E-state index in [0.29, 0.717) is 23.0 Å². The van der Waals surface area contributed by atoms with Crippen molar-refractivity contribution in [2.75, 3.05) is 0 Å². The van der Waals surface area contributed by atoms with Gasteiger partial charge in [-0.15, -0.1) is 0 Å². The second-order valence-corrected chi connectivity index (χ2v) is 10.3.